The number of urea groups is 1. The van der Waals surface area contributed by atoms with Crippen molar-refractivity contribution >= 4 is 17.7 Å². The molecule has 0 saturated heterocycles. The minimum absolute atomic E-state index is 0.0152. The highest BCUT2D eigenvalue weighted by Gasteiger charge is 2.34. The van der Waals surface area contributed by atoms with Crippen molar-refractivity contribution in [3.63, 3.8) is 0 Å². The number of aryl methyl sites for hydroxylation is 1. The lowest BCUT2D eigenvalue weighted by molar-refractivity contribution is -0.141. The van der Waals surface area contributed by atoms with E-state index in [1.807, 2.05) is 26.0 Å². The third-order valence-electron chi connectivity index (χ3n) is 5.43. The average molecular weight is 445 g/mol. The first-order chi connectivity index (χ1) is 15.4. The predicted octanol–water partition coefficient (Wildman–Crippen LogP) is 4.63. The molecule has 0 fully saturated rings. The molecule has 1 heterocycles. The lowest BCUT2D eigenvalue weighted by Gasteiger charge is -2.37. The Morgan fingerprint density at radius 1 is 1.12 bits per heavy atom. The molecule has 1 aliphatic rings. The molecule has 1 atom stereocenters. The number of nitrogens with one attached hydrogen (secondary N) is 1. The second kappa shape index (κ2) is 10.3. The molecule has 0 unspecified atom stereocenters. The fourth-order valence-electron chi connectivity index (χ4n) is 3.82. The van der Waals surface area contributed by atoms with Crippen LogP contribution in [0.15, 0.2) is 30.3 Å². The predicted molar refractivity (Wildman–Crippen MR) is 119 cm³/mol. The molecule has 1 aliphatic heterocycles. The highest BCUT2D eigenvalue weighted by atomic mass is 19.1. The van der Waals surface area contributed by atoms with Crippen LogP contribution in [0.2, 0.25) is 0 Å². The molecule has 7 nitrogen and oxygen atoms in total. The van der Waals surface area contributed by atoms with Crippen molar-refractivity contribution < 1.29 is 28.2 Å². The normalized spacial score (nSPS) is 15.0. The van der Waals surface area contributed by atoms with Crippen LogP contribution in [0.4, 0.5) is 14.9 Å². The summed E-state index contributed by atoms with van der Waals surface area (Å²) in [6, 6.07) is 7.30. The molecule has 2 aromatic rings. The molecule has 1 N–H and O–H groups in total. The Morgan fingerprint density at radius 2 is 1.81 bits per heavy atom. The van der Waals surface area contributed by atoms with Gasteiger partial charge in [0.15, 0.2) is 11.5 Å². The molecule has 0 radical (unpaired) electrons. The molecule has 0 aliphatic carbocycles. The van der Waals surface area contributed by atoms with E-state index >= 15 is 0 Å². The number of fused-ring (bicyclic) bond motifs is 1. The molecule has 2 aromatic carbocycles. The van der Waals surface area contributed by atoms with Crippen molar-refractivity contribution in [1.29, 1.82) is 0 Å². The third kappa shape index (κ3) is 5.12. The average Bonchev–Trinajstić information content (AvgIpc) is 2.77. The van der Waals surface area contributed by atoms with Crippen molar-refractivity contribution in [2.24, 2.45) is 0 Å². The topological polar surface area (TPSA) is 77.1 Å². The minimum atomic E-state index is -0.559. The number of carbonyl (C=O) groups excluding carboxylic acids is 2. The Hall–Kier alpha value is -3.29. The highest BCUT2D eigenvalue weighted by Crippen LogP contribution is 2.40. The minimum Gasteiger partial charge on any atom is -0.490 e. The van der Waals surface area contributed by atoms with Crippen molar-refractivity contribution in [1.82, 2.24) is 4.90 Å². The number of ether oxygens (including phenoxy) is 3. The van der Waals surface area contributed by atoms with Crippen molar-refractivity contribution in [3.8, 4) is 11.5 Å². The number of halogens is 1. The van der Waals surface area contributed by atoms with Gasteiger partial charge in [-0.05, 0) is 68.1 Å². The standard InChI is InChI=1S/C24H29FN2O5/c1-5-31-21-11-16-9-10-27(24(29)26-17-8-7-15(3)19(25)12-17)20(14-23(28)30-4)18(16)13-22(21)32-6-2/h7-8,11-13,20H,5-6,9-10,14H2,1-4H3,(H,26,29)/t20-/m0/s1. The molecule has 0 spiro atoms. The van der Waals surface area contributed by atoms with Crippen molar-refractivity contribution in [3.05, 3.63) is 52.8 Å². The van der Waals surface area contributed by atoms with Crippen LogP contribution in [0, 0.1) is 12.7 Å². The summed E-state index contributed by atoms with van der Waals surface area (Å²) in [7, 11) is 1.31. The van der Waals surface area contributed by atoms with E-state index < -0.39 is 23.9 Å². The molecule has 2 amide bonds. The maximum atomic E-state index is 13.9. The second-order valence-corrected chi connectivity index (χ2v) is 7.50. The smallest absolute Gasteiger partial charge is 0.322 e. The number of methoxy groups -OCH3 is 1. The van der Waals surface area contributed by atoms with E-state index in [1.54, 1.807) is 24.0 Å². The van der Waals surface area contributed by atoms with E-state index in [0.29, 0.717) is 48.9 Å². The molecule has 0 saturated carbocycles. The molecule has 0 aromatic heterocycles. The van der Waals surface area contributed by atoms with Gasteiger partial charge in [-0.2, -0.15) is 0 Å². The van der Waals surface area contributed by atoms with E-state index in [1.165, 1.54) is 13.2 Å². The van der Waals surface area contributed by atoms with Gasteiger partial charge >= 0.3 is 12.0 Å². The van der Waals surface area contributed by atoms with Crippen LogP contribution in [-0.4, -0.2) is 43.8 Å². The van der Waals surface area contributed by atoms with Crippen LogP contribution in [0.1, 0.15) is 43.0 Å². The summed E-state index contributed by atoms with van der Waals surface area (Å²) in [5, 5.41) is 2.74. The Balaban J connectivity index is 1.95. The summed E-state index contributed by atoms with van der Waals surface area (Å²) in [6.45, 7) is 6.75. The van der Waals surface area contributed by atoms with Crippen LogP contribution < -0.4 is 14.8 Å². The van der Waals surface area contributed by atoms with Crippen LogP contribution in [0.3, 0.4) is 0 Å². The zero-order valence-corrected chi connectivity index (χ0v) is 18.9. The molecule has 8 heteroatoms. The number of hydrogen-bond acceptors (Lipinski definition) is 5. The Bertz CT molecular complexity index is 995. The summed E-state index contributed by atoms with van der Waals surface area (Å²) in [4.78, 5) is 26.9. The van der Waals surface area contributed by atoms with Gasteiger partial charge < -0.3 is 24.4 Å². The van der Waals surface area contributed by atoms with Gasteiger partial charge in [-0.25, -0.2) is 9.18 Å². The van der Waals surface area contributed by atoms with Gasteiger partial charge in [-0.15, -0.1) is 0 Å². The van der Waals surface area contributed by atoms with E-state index in [4.69, 9.17) is 14.2 Å². The molecule has 3 rings (SSSR count). The van der Waals surface area contributed by atoms with Gasteiger partial charge in [0.05, 0.1) is 32.8 Å². The monoisotopic (exact) mass is 444 g/mol. The molecular formula is C24H29FN2O5. The highest BCUT2D eigenvalue weighted by molar-refractivity contribution is 5.90. The number of rotatable bonds is 7. The van der Waals surface area contributed by atoms with Gasteiger partial charge in [0.2, 0.25) is 0 Å². The molecule has 0 bridgehead atoms. The zero-order chi connectivity index (χ0) is 23.3. The first-order valence-electron chi connectivity index (χ1n) is 10.7. The lowest BCUT2D eigenvalue weighted by Crippen LogP contribution is -2.43. The maximum Gasteiger partial charge on any atom is 0.322 e. The molecule has 32 heavy (non-hydrogen) atoms. The Kier molecular flexibility index (Phi) is 7.56. The van der Waals surface area contributed by atoms with Crippen LogP contribution in [0.25, 0.3) is 0 Å². The maximum absolute atomic E-state index is 13.9. The number of hydrogen-bond donors (Lipinski definition) is 1. The molecular weight excluding hydrogens is 415 g/mol. The number of amides is 2. The van der Waals surface area contributed by atoms with Crippen molar-refractivity contribution in [2.45, 2.75) is 39.7 Å². The van der Waals surface area contributed by atoms with Crippen LogP contribution in [-0.2, 0) is 16.0 Å². The van der Waals surface area contributed by atoms with E-state index in [2.05, 4.69) is 5.32 Å². The fourth-order valence-corrected chi connectivity index (χ4v) is 3.82. The summed E-state index contributed by atoms with van der Waals surface area (Å²) in [6.07, 6.45) is 0.563. The summed E-state index contributed by atoms with van der Waals surface area (Å²) in [5.74, 6) is 0.361. The van der Waals surface area contributed by atoms with Crippen LogP contribution >= 0.6 is 0 Å². The zero-order valence-electron chi connectivity index (χ0n) is 18.9. The van der Waals surface area contributed by atoms with E-state index in [0.717, 1.165) is 11.1 Å². The SMILES string of the molecule is CCOc1cc2c(cc1OCC)[C@H](CC(=O)OC)N(C(=O)Nc1ccc(C)c(F)c1)CC2. The number of esters is 1. The summed E-state index contributed by atoms with van der Waals surface area (Å²) in [5.41, 5.74) is 2.63. The fraction of sp³-hybridized carbons (Fsp3) is 0.417. The van der Waals surface area contributed by atoms with Gasteiger partial charge in [-0.3, -0.25) is 4.79 Å². The largest absolute Gasteiger partial charge is 0.490 e. The third-order valence-corrected chi connectivity index (χ3v) is 5.43. The number of anilines is 1. The number of benzene rings is 2. The first-order valence-corrected chi connectivity index (χ1v) is 10.7. The van der Waals surface area contributed by atoms with E-state index in [-0.39, 0.29) is 6.42 Å². The van der Waals surface area contributed by atoms with Gasteiger partial charge in [0.1, 0.15) is 5.82 Å². The summed E-state index contributed by atoms with van der Waals surface area (Å²) < 4.78 is 30.3. The second-order valence-electron chi connectivity index (χ2n) is 7.50. The van der Waals surface area contributed by atoms with Gasteiger partial charge in [0.25, 0.3) is 0 Å². The quantitative estimate of drug-likeness (QED) is 0.631. The first kappa shape index (κ1) is 23.4. The number of nitrogens with zero attached hydrogens (tertiary/aromatic N) is 1. The summed E-state index contributed by atoms with van der Waals surface area (Å²) >= 11 is 0. The lowest BCUT2D eigenvalue weighted by atomic mass is 9.90. The Labute approximate surface area is 187 Å². The van der Waals surface area contributed by atoms with Crippen LogP contribution in [0.5, 0.6) is 11.5 Å². The van der Waals surface area contributed by atoms with Gasteiger partial charge in [-0.1, -0.05) is 6.07 Å². The van der Waals surface area contributed by atoms with Crippen molar-refractivity contribution in [2.75, 3.05) is 32.2 Å². The van der Waals surface area contributed by atoms with Gasteiger partial charge in [0, 0.05) is 12.2 Å². The Morgan fingerprint density at radius 3 is 2.44 bits per heavy atom. The van der Waals surface area contributed by atoms with E-state index in [9.17, 15) is 14.0 Å². The number of carbonyl (C=O) groups is 2. The molecule has 172 valence electrons.